The molecule has 1 aromatic carbocycles. The van der Waals surface area contributed by atoms with Gasteiger partial charge in [0.1, 0.15) is 5.82 Å². The third kappa shape index (κ3) is 2.75. The van der Waals surface area contributed by atoms with Crippen LogP contribution in [0.3, 0.4) is 0 Å². The van der Waals surface area contributed by atoms with E-state index in [4.69, 9.17) is 9.97 Å². The van der Waals surface area contributed by atoms with Gasteiger partial charge in [-0.1, -0.05) is 25.3 Å². The summed E-state index contributed by atoms with van der Waals surface area (Å²) in [5.41, 5.74) is 2.40. The van der Waals surface area contributed by atoms with Crippen molar-refractivity contribution in [3.8, 4) is 5.95 Å². The van der Waals surface area contributed by atoms with E-state index >= 15 is 0 Å². The van der Waals surface area contributed by atoms with Crippen LogP contribution in [0.4, 0.5) is 5.82 Å². The Bertz CT molecular complexity index is 832. The monoisotopic (exact) mass is 321 g/mol. The van der Waals surface area contributed by atoms with Crippen LogP contribution in [0, 0.1) is 0 Å². The molecule has 5 heteroatoms. The molecule has 2 heterocycles. The first-order chi connectivity index (χ1) is 11.7. The molecular weight excluding hydrogens is 298 g/mol. The van der Waals surface area contributed by atoms with Gasteiger partial charge >= 0.3 is 0 Å². The molecule has 2 aromatic heterocycles. The normalized spacial score (nSPS) is 15.8. The Hall–Kier alpha value is -2.43. The summed E-state index contributed by atoms with van der Waals surface area (Å²) in [6, 6.07) is 8.57. The van der Waals surface area contributed by atoms with E-state index in [1.807, 2.05) is 26.4 Å². The lowest BCUT2D eigenvalue weighted by Crippen LogP contribution is -2.14. The lowest BCUT2D eigenvalue weighted by Gasteiger charge is -2.23. The molecule has 0 spiro atoms. The Morgan fingerprint density at radius 2 is 1.92 bits per heavy atom. The Morgan fingerprint density at radius 3 is 2.62 bits per heavy atom. The molecular formula is C19H23N5. The van der Waals surface area contributed by atoms with Crippen LogP contribution in [-0.2, 0) is 0 Å². The molecule has 1 aliphatic carbocycles. The molecule has 1 aliphatic rings. The minimum Gasteiger partial charge on any atom is -0.362 e. The predicted molar refractivity (Wildman–Crippen MR) is 96.8 cm³/mol. The van der Waals surface area contributed by atoms with Crippen molar-refractivity contribution in [3.63, 3.8) is 0 Å². The quantitative estimate of drug-likeness (QED) is 0.733. The summed E-state index contributed by atoms with van der Waals surface area (Å²) in [4.78, 5) is 11.5. The van der Waals surface area contributed by atoms with Crippen LogP contribution in [0.25, 0.3) is 16.9 Å². The van der Waals surface area contributed by atoms with Crippen LogP contribution < -0.4 is 4.90 Å². The van der Waals surface area contributed by atoms with E-state index < -0.39 is 0 Å². The molecule has 0 N–H and O–H groups in total. The van der Waals surface area contributed by atoms with E-state index in [2.05, 4.69) is 28.2 Å². The van der Waals surface area contributed by atoms with Crippen molar-refractivity contribution >= 4 is 16.7 Å². The van der Waals surface area contributed by atoms with E-state index in [9.17, 15) is 0 Å². The zero-order valence-corrected chi connectivity index (χ0v) is 14.3. The Labute approximate surface area is 142 Å². The largest absolute Gasteiger partial charge is 0.362 e. The number of hydrogen-bond donors (Lipinski definition) is 0. The molecule has 0 saturated heterocycles. The lowest BCUT2D eigenvalue weighted by molar-refractivity contribution is 0.444. The third-order valence-electron chi connectivity index (χ3n) is 4.90. The molecule has 4 rings (SSSR count). The van der Waals surface area contributed by atoms with E-state index in [0.717, 1.165) is 16.7 Å². The summed E-state index contributed by atoms with van der Waals surface area (Å²) >= 11 is 0. The number of aromatic nitrogens is 4. The fraction of sp³-hybridized carbons (Fsp3) is 0.421. The van der Waals surface area contributed by atoms with Gasteiger partial charge in [0, 0.05) is 31.9 Å². The molecule has 0 radical (unpaired) electrons. The molecule has 0 atom stereocenters. The molecule has 124 valence electrons. The van der Waals surface area contributed by atoms with E-state index in [0.29, 0.717) is 11.9 Å². The molecule has 0 bridgehead atoms. The summed E-state index contributed by atoms with van der Waals surface area (Å²) in [7, 11) is 4.06. The standard InChI is InChI=1S/C19H23N5/c1-23(2)18-16-13-15(14-7-4-3-5-8-14)9-10-17(16)21-19(22-18)24-12-6-11-20-24/h6,9-14H,3-5,7-8H2,1-2H3. The van der Waals surface area contributed by atoms with Gasteiger partial charge in [0.15, 0.2) is 0 Å². The fourth-order valence-electron chi connectivity index (χ4n) is 3.64. The smallest absolute Gasteiger partial charge is 0.253 e. The van der Waals surface area contributed by atoms with Gasteiger partial charge in [-0.2, -0.15) is 10.1 Å². The highest BCUT2D eigenvalue weighted by Crippen LogP contribution is 2.35. The second kappa shape index (κ2) is 6.23. The molecule has 1 saturated carbocycles. The number of rotatable bonds is 3. The number of anilines is 1. The molecule has 24 heavy (non-hydrogen) atoms. The first-order valence-electron chi connectivity index (χ1n) is 8.71. The van der Waals surface area contributed by atoms with Crippen LogP contribution in [0.1, 0.15) is 43.6 Å². The van der Waals surface area contributed by atoms with E-state index in [1.165, 1.54) is 37.7 Å². The highest BCUT2D eigenvalue weighted by atomic mass is 15.3. The second-order valence-corrected chi connectivity index (χ2v) is 6.80. The minimum absolute atomic E-state index is 0.613. The average molecular weight is 321 g/mol. The Morgan fingerprint density at radius 1 is 1.08 bits per heavy atom. The van der Waals surface area contributed by atoms with Crippen molar-refractivity contribution in [1.29, 1.82) is 0 Å². The van der Waals surface area contributed by atoms with Crippen molar-refractivity contribution in [2.75, 3.05) is 19.0 Å². The van der Waals surface area contributed by atoms with Crippen molar-refractivity contribution < 1.29 is 0 Å². The first-order valence-corrected chi connectivity index (χ1v) is 8.71. The SMILES string of the molecule is CN(C)c1nc(-n2cccn2)nc2ccc(C3CCCCC3)cc12. The van der Waals surface area contributed by atoms with Gasteiger partial charge in [-0.25, -0.2) is 9.67 Å². The summed E-state index contributed by atoms with van der Waals surface area (Å²) in [6.45, 7) is 0. The van der Waals surface area contributed by atoms with Crippen LogP contribution in [0.15, 0.2) is 36.7 Å². The second-order valence-electron chi connectivity index (χ2n) is 6.80. The number of nitrogens with zero attached hydrogens (tertiary/aromatic N) is 5. The molecule has 0 amide bonds. The summed E-state index contributed by atoms with van der Waals surface area (Å²) in [6.07, 6.45) is 10.3. The van der Waals surface area contributed by atoms with Crippen LogP contribution in [-0.4, -0.2) is 33.8 Å². The van der Waals surface area contributed by atoms with Crippen LogP contribution >= 0.6 is 0 Å². The molecule has 5 nitrogen and oxygen atoms in total. The van der Waals surface area contributed by atoms with Crippen molar-refractivity contribution in [2.45, 2.75) is 38.0 Å². The maximum Gasteiger partial charge on any atom is 0.253 e. The predicted octanol–water partition coefficient (Wildman–Crippen LogP) is 3.93. The Balaban J connectivity index is 1.83. The summed E-state index contributed by atoms with van der Waals surface area (Å²) < 4.78 is 1.71. The molecule has 0 aliphatic heterocycles. The fourth-order valence-corrected chi connectivity index (χ4v) is 3.64. The average Bonchev–Trinajstić information content (AvgIpc) is 3.15. The first kappa shape index (κ1) is 15.1. The molecule has 3 aromatic rings. The van der Waals surface area contributed by atoms with Gasteiger partial charge < -0.3 is 4.90 Å². The van der Waals surface area contributed by atoms with Crippen LogP contribution in [0.2, 0.25) is 0 Å². The third-order valence-corrected chi connectivity index (χ3v) is 4.90. The van der Waals surface area contributed by atoms with Gasteiger partial charge in [0.25, 0.3) is 5.95 Å². The minimum atomic E-state index is 0.613. The van der Waals surface area contributed by atoms with Gasteiger partial charge in [-0.05, 0) is 42.5 Å². The number of fused-ring (bicyclic) bond motifs is 1. The highest BCUT2D eigenvalue weighted by molar-refractivity contribution is 5.90. The van der Waals surface area contributed by atoms with Crippen molar-refractivity contribution in [2.24, 2.45) is 0 Å². The lowest BCUT2D eigenvalue weighted by atomic mass is 9.84. The molecule has 0 unspecified atom stereocenters. The summed E-state index contributed by atoms with van der Waals surface area (Å²) in [5.74, 6) is 2.24. The molecule has 1 fully saturated rings. The zero-order valence-electron chi connectivity index (χ0n) is 14.3. The van der Waals surface area contributed by atoms with E-state index in [1.54, 1.807) is 10.9 Å². The van der Waals surface area contributed by atoms with Crippen molar-refractivity contribution in [3.05, 3.63) is 42.2 Å². The van der Waals surface area contributed by atoms with Gasteiger partial charge in [0.2, 0.25) is 0 Å². The van der Waals surface area contributed by atoms with Crippen LogP contribution in [0.5, 0.6) is 0 Å². The highest BCUT2D eigenvalue weighted by Gasteiger charge is 2.18. The van der Waals surface area contributed by atoms with Gasteiger partial charge in [-0.3, -0.25) is 0 Å². The maximum absolute atomic E-state index is 4.74. The number of benzene rings is 1. The Kier molecular flexibility index (Phi) is 3.92. The van der Waals surface area contributed by atoms with Gasteiger partial charge in [-0.15, -0.1) is 0 Å². The maximum atomic E-state index is 4.74. The van der Waals surface area contributed by atoms with E-state index in [-0.39, 0.29) is 0 Å². The zero-order chi connectivity index (χ0) is 16.5. The van der Waals surface area contributed by atoms with Crippen molar-refractivity contribution in [1.82, 2.24) is 19.7 Å². The number of hydrogen-bond acceptors (Lipinski definition) is 4. The summed E-state index contributed by atoms with van der Waals surface area (Å²) in [5, 5.41) is 5.38. The van der Waals surface area contributed by atoms with Gasteiger partial charge in [0.05, 0.1) is 5.52 Å². The topological polar surface area (TPSA) is 46.8 Å².